The van der Waals surface area contributed by atoms with Crippen molar-refractivity contribution >= 4 is 5.96 Å². The zero-order valence-corrected chi connectivity index (χ0v) is 16.2. The van der Waals surface area contributed by atoms with Crippen molar-refractivity contribution in [2.75, 3.05) is 33.6 Å². The third-order valence-corrected chi connectivity index (χ3v) is 5.55. The Morgan fingerprint density at radius 2 is 1.79 bits per heavy atom. The molecule has 0 radical (unpaired) electrons. The van der Waals surface area contributed by atoms with E-state index in [4.69, 9.17) is 14.2 Å². The Balaban J connectivity index is 1.39. The number of hydrogen-bond donors (Lipinski definition) is 2. The normalized spacial score (nSPS) is 18.0. The number of hydrogen-bond acceptors (Lipinski definition) is 4. The average molecular weight is 381 g/mol. The van der Waals surface area contributed by atoms with Gasteiger partial charge in [-0.3, -0.25) is 4.99 Å². The maximum atomic E-state index is 5.63. The molecule has 2 heterocycles. The lowest BCUT2D eigenvalue weighted by Crippen LogP contribution is -2.47. The molecule has 0 saturated carbocycles. The summed E-state index contributed by atoms with van der Waals surface area (Å²) in [6.07, 6.45) is 2.01. The number of benzene rings is 2. The first kappa shape index (κ1) is 18.6. The molecular weight excluding hydrogens is 354 g/mol. The van der Waals surface area contributed by atoms with E-state index in [-0.39, 0.29) is 5.41 Å². The van der Waals surface area contributed by atoms with Crippen molar-refractivity contribution in [2.24, 2.45) is 4.99 Å². The van der Waals surface area contributed by atoms with E-state index < -0.39 is 0 Å². The van der Waals surface area contributed by atoms with Gasteiger partial charge in [0.2, 0.25) is 6.79 Å². The van der Waals surface area contributed by atoms with E-state index in [1.165, 1.54) is 5.56 Å². The van der Waals surface area contributed by atoms with Crippen LogP contribution in [0.25, 0.3) is 0 Å². The first-order chi connectivity index (χ1) is 13.8. The maximum absolute atomic E-state index is 5.63. The van der Waals surface area contributed by atoms with Gasteiger partial charge in [-0.15, -0.1) is 0 Å². The number of ether oxygens (including phenoxy) is 3. The van der Waals surface area contributed by atoms with Crippen LogP contribution in [0.5, 0.6) is 11.5 Å². The molecule has 2 aromatic rings. The van der Waals surface area contributed by atoms with Crippen LogP contribution in [0.3, 0.4) is 0 Å². The zero-order chi connectivity index (χ0) is 19.2. The summed E-state index contributed by atoms with van der Waals surface area (Å²) in [5, 5.41) is 6.92. The van der Waals surface area contributed by atoms with E-state index in [2.05, 4.69) is 46.0 Å². The molecule has 1 saturated heterocycles. The number of aliphatic imine (C=N–C) groups is 1. The van der Waals surface area contributed by atoms with E-state index in [9.17, 15) is 0 Å². The summed E-state index contributed by atoms with van der Waals surface area (Å²) in [6.45, 7) is 3.36. The average Bonchev–Trinajstić information content (AvgIpc) is 3.23. The highest BCUT2D eigenvalue weighted by molar-refractivity contribution is 5.79. The van der Waals surface area contributed by atoms with E-state index in [1.54, 1.807) is 7.05 Å². The van der Waals surface area contributed by atoms with Gasteiger partial charge in [0.05, 0.1) is 0 Å². The molecule has 28 heavy (non-hydrogen) atoms. The summed E-state index contributed by atoms with van der Waals surface area (Å²) >= 11 is 0. The molecule has 0 aromatic heterocycles. The standard InChI is InChI=1S/C22H27N3O3/c1-23-21(24-14-17-7-8-19-20(13-17)28-16-27-19)25-15-22(9-11-26-12-10-22)18-5-3-2-4-6-18/h2-8,13H,9-12,14-16H2,1H3,(H2,23,24,25). The molecule has 2 aliphatic rings. The van der Waals surface area contributed by atoms with Crippen LogP contribution in [0.1, 0.15) is 24.0 Å². The predicted octanol–water partition coefficient (Wildman–Crippen LogP) is 2.83. The molecule has 4 rings (SSSR count). The molecule has 6 heteroatoms. The molecule has 2 aliphatic heterocycles. The largest absolute Gasteiger partial charge is 0.454 e. The minimum Gasteiger partial charge on any atom is -0.454 e. The Morgan fingerprint density at radius 1 is 1.00 bits per heavy atom. The number of nitrogens with zero attached hydrogens (tertiary/aromatic N) is 1. The topological polar surface area (TPSA) is 64.1 Å². The molecule has 0 aliphatic carbocycles. The lowest BCUT2D eigenvalue weighted by Gasteiger charge is -2.38. The van der Waals surface area contributed by atoms with Crippen LogP contribution >= 0.6 is 0 Å². The van der Waals surface area contributed by atoms with Gasteiger partial charge in [0.25, 0.3) is 0 Å². The Hall–Kier alpha value is -2.73. The van der Waals surface area contributed by atoms with E-state index in [1.807, 2.05) is 18.2 Å². The molecule has 0 bridgehead atoms. The third-order valence-electron chi connectivity index (χ3n) is 5.55. The van der Waals surface area contributed by atoms with Gasteiger partial charge in [-0.05, 0) is 36.1 Å². The SMILES string of the molecule is CN=C(NCc1ccc2c(c1)OCO2)NCC1(c2ccccc2)CCOCC1. The fourth-order valence-corrected chi connectivity index (χ4v) is 3.83. The van der Waals surface area contributed by atoms with Gasteiger partial charge in [0.15, 0.2) is 17.5 Å². The van der Waals surface area contributed by atoms with Gasteiger partial charge in [0, 0.05) is 38.8 Å². The zero-order valence-electron chi connectivity index (χ0n) is 16.2. The fraction of sp³-hybridized carbons (Fsp3) is 0.409. The molecule has 2 N–H and O–H groups in total. The monoisotopic (exact) mass is 381 g/mol. The van der Waals surface area contributed by atoms with Crippen molar-refractivity contribution in [1.82, 2.24) is 10.6 Å². The Labute approximate surface area is 165 Å². The summed E-state index contributed by atoms with van der Waals surface area (Å²) in [5.41, 5.74) is 2.55. The minimum atomic E-state index is 0.0654. The first-order valence-corrected chi connectivity index (χ1v) is 9.75. The van der Waals surface area contributed by atoms with E-state index >= 15 is 0 Å². The first-order valence-electron chi connectivity index (χ1n) is 9.75. The van der Waals surface area contributed by atoms with E-state index in [0.29, 0.717) is 13.3 Å². The highest BCUT2D eigenvalue weighted by Crippen LogP contribution is 2.34. The Kier molecular flexibility index (Phi) is 5.67. The molecular formula is C22H27N3O3. The molecule has 0 spiro atoms. The summed E-state index contributed by atoms with van der Waals surface area (Å²) in [7, 11) is 1.80. The molecule has 0 unspecified atom stereocenters. The van der Waals surface area contributed by atoms with Gasteiger partial charge < -0.3 is 24.8 Å². The molecule has 0 amide bonds. The van der Waals surface area contributed by atoms with E-state index in [0.717, 1.165) is 55.6 Å². The Bertz CT molecular complexity index is 817. The molecule has 6 nitrogen and oxygen atoms in total. The lowest BCUT2D eigenvalue weighted by molar-refractivity contribution is 0.0514. The molecule has 148 valence electrons. The number of nitrogens with one attached hydrogen (secondary N) is 2. The number of rotatable bonds is 5. The third kappa shape index (κ3) is 4.07. The number of fused-ring (bicyclic) bond motifs is 1. The molecule has 2 aromatic carbocycles. The smallest absolute Gasteiger partial charge is 0.231 e. The van der Waals surface area contributed by atoms with Crippen LogP contribution in [0.2, 0.25) is 0 Å². The van der Waals surface area contributed by atoms with Crippen molar-refractivity contribution in [3.8, 4) is 11.5 Å². The molecule has 1 fully saturated rings. The van der Waals surface area contributed by atoms with Crippen molar-refractivity contribution < 1.29 is 14.2 Å². The van der Waals surface area contributed by atoms with Crippen LogP contribution in [0, 0.1) is 0 Å². The second-order valence-corrected chi connectivity index (χ2v) is 7.23. The van der Waals surface area contributed by atoms with Crippen molar-refractivity contribution in [2.45, 2.75) is 24.8 Å². The van der Waals surface area contributed by atoms with Crippen molar-refractivity contribution in [1.29, 1.82) is 0 Å². The van der Waals surface area contributed by atoms with Gasteiger partial charge in [-0.25, -0.2) is 0 Å². The van der Waals surface area contributed by atoms with Gasteiger partial charge in [0.1, 0.15) is 0 Å². The summed E-state index contributed by atoms with van der Waals surface area (Å²) in [5.74, 6) is 2.39. The van der Waals surface area contributed by atoms with Crippen LogP contribution in [0.15, 0.2) is 53.5 Å². The van der Waals surface area contributed by atoms with Crippen LogP contribution in [0.4, 0.5) is 0 Å². The molecule has 0 atom stereocenters. The van der Waals surface area contributed by atoms with Crippen molar-refractivity contribution in [3.63, 3.8) is 0 Å². The van der Waals surface area contributed by atoms with Crippen LogP contribution in [-0.2, 0) is 16.7 Å². The number of guanidine groups is 1. The maximum Gasteiger partial charge on any atom is 0.231 e. The fourth-order valence-electron chi connectivity index (χ4n) is 3.83. The summed E-state index contributed by atoms with van der Waals surface area (Å²) < 4.78 is 16.4. The highest BCUT2D eigenvalue weighted by Gasteiger charge is 2.34. The van der Waals surface area contributed by atoms with Gasteiger partial charge in [-0.1, -0.05) is 36.4 Å². The van der Waals surface area contributed by atoms with Crippen LogP contribution in [-0.4, -0.2) is 39.6 Å². The minimum absolute atomic E-state index is 0.0654. The van der Waals surface area contributed by atoms with Crippen LogP contribution < -0.4 is 20.1 Å². The Morgan fingerprint density at radius 3 is 2.57 bits per heavy atom. The van der Waals surface area contributed by atoms with Crippen molar-refractivity contribution in [3.05, 3.63) is 59.7 Å². The second-order valence-electron chi connectivity index (χ2n) is 7.23. The van der Waals surface area contributed by atoms with Gasteiger partial charge >= 0.3 is 0 Å². The quantitative estimate of drug-likeness (QED) is 0.616. The van der Waals surface area contributed by atoms with Gasteiger partial charge in [-0.2, -0.15) is 0 Å². The second kappa shape index (κ2) is 8.52. The summed E-state index contributed by atoms with van der Waals surface area (Å²) in [6, 6.07) is 16.7. The predicted molar refractivity (Wildman–Crippen MR) is 109 cm³/mol. The lowest BCUT2D eigenvalue weighted by atomic mass is 9.74. The highest BCUT2D eigenvalue weighted by atomic mass is 16.7. The summed E-state index contributed by atoms with van der Waals surface area (Å²) in [4.78, 5) is 4.39.